The Kier molecular flexibility index (Phi) is 8.36. The second-order valence-corrected chi connectivity index (χ2v) is 15.5. The Bertz CT molecular complexity index is 1470. The van der Waals surface area contributed by atoms with Crippen molar-refractivity contribution < 1.29 is 32.6 Å². The fraction of sp³-hybridized carbons (Fsp3) is 0.571. The Hall–Kier alpha value is -2.35. The molecule has 1 unspecified atom stereocenters. The standard InChI is InChI=1S/C28H38N5O7PS/c1-26(2,3)39-41(42,40-27(4,5)6)35-14-18-20-21(38-28(7,8)37-20)25(36-18)33-16-31-19-22(29-15-30-23(19)33)32-24(34)17-12-10-9-11-13-17/h9-13,15-16,18,20-21,25H,14H2,1-8H3,(H,29,30,32,34)/t18-,20+,21?,25-/m1/s1. The van der Waals surface area contributed by atoms with Crippen LogP contribution in [0.15, 0.2) is 43.0 Å². The van der Waals surface area contributed by atoms with Gasteiger partial charge >= 0.3 is 6.72 Å². The molecule has 228 valence electrons. The molecule has 0 radical (unpaired) electrons. The molecule has 0 saturated carbocycles. The normalized spacial score (nSPS) is 24.2. The Balaban J connectivity index is 1.40. The van der Waals surface area contributed by atoms with Crippen LogP contribution < -0.4 is 5.32 Å². The summed E-state index contributed by atoms with van der Waals surface area (Å²) >= 11 is 5.80. The van der Waals surface area contributed by atoms with E-state index in [1.54, 1.807) is 35.2 Å². The molecule has 4 atom stereocenters. The van der Waals surface area contributed by atoms with Gasteiger partial charge in [-0.3, -0.25) is 9.36 Å². The minimum absolute atomic E-state index is 0.0561. The largest absolute Gasteiger partial charge is 0.347 e. The van der Waals surface area contributed by atoms with Gasteiger partial charge in [0.05, 0.1) is 24.1 Å². The van der Waals surface area contributed by atoms with E-state index in [4.69, 9.17) is 39.6 Å². The van der Waals surface area contributed by atoms with Crippen molar-refractivity contribution in [1.29, 1.82) is 0 Å². The third-order valence-corrected chi connectivity index (χ3v) is 8.97. The van der Waals surface area contributed by atoms with Gasteiger partial charge < -0.3 is 33.1 Å². The molecule has 4 heterocycles. The molecular formula is C28H38N5O7PS. The van der Waals surface area contributed by atoms with Crippen LogP contribution in [0.1, 0.15) is 72.0 Å². The first kappa shape index (κ1) is 31.1. The van der Waals surface area contributed by atoms with E-state index in [-0.39, 0.29) is 18.3 Å². The molecule has 2 aliphatic rings. The molecule has 0 spiro atoms. The number of imidazole rings is 1. The van der Waals surface area contributed by atoms with Crippen LogP contribution in [0.25, 0.3) is 11.2 Å². The highest BCUT2D eigenvalue weighted by molar-refractivity contribution is 8.07. The summed E-state index contributed by atoms with van der Waals surface area (Å²) in [6.07, 6.45) is 0.754. The van der Waals surface area contributed by atoms with Crippen molar-refractivity contribution in [2.24, 2.45) is 0 Å². The number of aromatic nitrogens is 4. The smallest absolute Gasteiger partial charge is 0.328 e. The minimum Gasteiger partial charge on any atom is -0.347 e. The van der Waals surface area contributed by atoms with Crippen LogP contribution >= 0.6 is 6.72 Å². The Morgan fingerprint density at radius 3 is 2.31 bits per heavy atom. The number of hydrogen-bond acceptors (Lipinski definition) is 11. The molecule has 0 bridgehead atoms. The summed E-state index contributed by atoms with van der Waals surface area (Å²) in [6, 6.07) is 8.87. The number of ether oxygens (including phenoxy) is 3. The number of carbonyl (C=O) groups is 1. The molecule has 1 aromatic carbocycles. The number of hydrogen-bond donors (Lipinski definition) is 1. The Morgan fingerprint density at radius 2 is 1.67 bits per heavy atom. The van der Waals surface area contributed by atoms with E-state index in [0.717, 1.165) is 0 Å². The van der Waals surface area contributed by atoms with Gasteiger partial charge in [0.2, 0.25) is 0 Å². The summed E-state index contributed by atoms with van der Waals surface area (Å²) in [5, 5.41) is 2.83. The van der Waals surface area contributed by atoms with Gasteiger partial charge in [-0.05, 0) is 79.3 Å². The maximum Gasteiger partial charge on any atom is 0.328 e. The minimum atomic E-state index is -3.17. The molecule has 1 N–H and O–H groups in total. The van der Waals surface area contributed by atoms with Crippen LogP contribution in [-0.4, -0.2) is 67.3 Å². The molecule has 3 aromatic rings. The fourth-order valence-electron chi connectivity index (χ4n) is 4.82. The fourth-order valence-corrected chi connectivity index (χ4v) is 8.16. The number of amides is 1. The summed E-state index contributed by atoms with van der Waals surface area (Å²) in [5.74, 6) is -0.885. The molecule has 2 saturated heterocycles. The van der Waals surface area contributed by atoms with Gasteiger partial charge in [-0.25, -0.2) is 15.0 Å². The van der Waals surface area contributed by atoms with Gasteiger partial charge in [0.1, 0.15) is 24.6 Å². The first-order valence-corrected chi connectivity index (χ1v) is 16.3. The highest BCUT2D eigenvalue weighted by Gasteiger charge is 2.56. The van der Waals surface area contributed by atoms with Crippen LogP contribution in [0.2, 0.25) is 0 Å². The van der Waals surface area contributed by atoms with E-state index < -0.39 is 48.2 Å². The number of anilines is 1. The maximum atomic E-state index is 12.8. The van der Waals surface area contributed by atoms with Gasteiger partial charge in [0.15, 0.2) is 29.0 Å². The number of carbonyl (C=O) groups excluding carboxylic acids is 1. The van der Waals surface area contributed by atoms with Crippen molar-refractivity contribution in [3.8, 4) is 0 Å². The van der Waals surface area contributed by atoms with E-state index in [1.807, 2.05) is 61.5 Å². The second kappa shape index (κ2) is 11.3. The van der Waals surface area contributed by atoms with Crippen molar-refractivity contribution in [3.63, 3.8) is 0 Å². The van der Waals surface area contributed by atoms with E-state index in [0.29, 0.717) is 16.7 Å². The lowest BCUT2D eigenvalue weighted by Crippen LogP contribution is -2.33. The SMILES string of the molecule is CC(C)(C)OP(=S)(OC[C@H]1O[C@@H](n2cnc3c(NC(=O)c4ccccc4)ncnc32)C2OC(C)(C)O[C@H]21)OC(C)(C)C. The lowest BCUT2D eigenvalue weighted by molar-refractivity contribution is -0.199. The van der Waals surface area contributed by atoms with Crippen LogP contribution in [0.3, 0.4) is 0 Å². The van der Waals surface area contributed by atoms with Crippen LogP contribution in [0.5, 0.6) is 0 Å². The average Bonchev–Trinajstić information content (AvgIpc) is 3.52. The zero-order chi connectivity index (χ0) is 30.5. The van der Waals surface area contributed by atoms with E-state index in [1.165, 1.54) is 6.33 Å². The Morgan fingerprint density at radius 1 is 1.02 bits per heavy atom. The van der Waals surface area contributed by atoms with Crippen molar-refractivity contribution in [2.45, 2.75) is 96.9 Å². The zero-order valence-electron chi connectivity index (χ0n) is 25.1. The third-order valence-electron chi connectivity index (χ3n) is 6.19. The van der Waals surface area contributed by atoms with Gasteiger partial charge in [-0.1, -0.05) is 18.2 Å². The van der Waals surface area contributed by atoms with E-state index in [2.05, 4.69) is 20.3 Å². The summed E-state index contributed by atoms with van der Waals surface area (Å²) in [4.78, 5) is 26.0. The van der Waals surface area contributed by atoms with Crippen LogP contribution in [0.4, 0.5) is 5.82 Å². The number of fused-ring (bicyclic) bond motifs is 2. The summed E-state index contributed by atoms with van der Waals surface area (Å²) in [7, 11) is 0. The number of nitrogens with zero attached hydrogens (tertiary/aromatic N) is 4. The molecule has 2 aromatic heterocycles. The third kappa shape index (κ3) is 7.06. The van der Waals surface area contributed by atoms with Crippen molar-refractivity contribution in [1.82, 2.24) is 19.5 Å². The highest BCUT2D eigenvalue weighted by Crippen LogP contribution is 2.56. The lowest BCUT2D eigenvalue weighted by atomic mass is 10.1. The Labute approximate surface area is 250 Å². The summed E-state index contributed by atoms with van der Waals surface area (Å²) < 4.78 is 39.3. The predicted molar refractivity (Wildman–Crippen MR) is 159 cm³/mol. The highest BCUT2D eigenvalue weighted by atomic mass is 32.5. The van der Waals surface area contributed by atoms with E-state index >= 15 is 0 Å². The van der Waals surface area contributed by atoms with Crippen molar-refractivity contribution in [3.05, 3.63) is 48.5 Å². The van der Waals surface area contributed by atoms with Gasteiger partial charge in [-0.2, -0.15) is 0 Å². The summed E-state index contributed by atoms with van der Waals surface area (Å²) in [6.45, 7) is 12.0. The molecule has 42 heavy (non-hydrogen) atoms. The molecule has 5 rings (SSSR count). The molecule has 14 heteroatoms. The number of nitrogens with one attached hydrogen (secondary N) is 1. The molecule has 2 aliphatic heterocycles. The molecular weight excluding hydrogens is 581 g/mol. The predicted octanol–water partition coefficient (Wildman–Crippen LogP) is 5.37. The van der Waals surface area contributed by atoms with Crippen LogP contribution in [-0.2, 0) is 39.6 Å². The zero-order valence-corrected chi connectivity index (χ0v) is 26.8. The maximum absolute atomic E-state index is 12.8. The number of benzene rings is 1. The summed E-state index contributed by atoms with van der Waals surface area (Å²) in [5.41, 5.74) is 0.205. The molecule has 0 aliphatic carbocycles. The average molecular weight is 620 g/mol. The van der Waals surface area contributed by atoms with Crippen molar-refractivity contribution in [2.75, 3.05) is 11.9 Å². The first-order chi connectivity index (χ1) is 19.5. The molecule has 12 nitrogen and oxygen atoms in total. The molecule has 1 amide bonds. The van der Waals surface area contributed by atoms with Gasteiger partial charge in [0, 0.05) is 5.56 Å². The number of rotatable bonds is 8. The second-order valence-electron chi connectivity index (χ2n) is 12.6. The van der Waals surface area contributed by atoms with Crippen molar-refractivity contribution >= 4 is 41.4 Å². The lowest BCUT2D eigenvalue weighted by Gasteiger charge is -2.34. The van der Waals surface area contributed by atoms with Gasteiger partial charge in [-0.15, -0.1) is 0 Å². The van der Waals surface area contributed by atoms with Crippen LogP contribution in [0, 0.1) is 0 Å². The quantitative estimate of drug-likeness (QED) is 0.327. The monoisotopic (exact) mass is 619 g/mol. The first-order valence-electron chi connectivity index (χ1n) is 13.7. The molecule has 2 fully saturated rings. The van der Waals surface area contributed by atoms with Gasteiger partial charge in [0.25, 0.3) is 5.91 Å². The topological polar surface area (TPSA) is 128 Å². The van der Waals surface area contributed by atoms with E-state index in [9.17, 15) is 4.79 Å².